The minimum absolute atomic E-state index is 1.25. The SMILES string of the molecule is CC1=C(c2ccccc2)N(C)C(C)=C(c2ccccc2)N1C. The molecule has 0 aliphatic carbocycles. The van der Waals surface area contributed by atoms with Gasteiger partial charge in [0.15, 0.2) is 0 Å². The lowest BCUT2D eigenvalue weighted by Gasteiger charge is -2.39. The highest BCUT2D eigenvalue weighted by Gasteiger charge is 2.26. The zero-order valence-corrected chi connectivity index (χ0v) is 13.7. The van der Waals surface area contributed by atoms with Crippen LogP contribution in [0.15, 0.2) is 72.1 Å². The molecule has 1 heterocycles. The summed E-state index contributed by atoms with van der Waals surface area (Å²) < 4.78 is 0. The van der Waals surface area contributed by atoms with Gasteiger partial charge in [0.25, 0.3) is 0 Å². The van der Waals surface area contributed by atoms with Crippen LogP contribution in [0, 0.1) is 0 Å². The van der Waals surface area contributed by atoms with Gasteiger partial charge in [-0.25, -0.2) is 0 Å². The van der Waals surface area contributed by atoms with E-state index in [-0.39, 0.29) is 0 Å². The molecule has 2 nitrogen and oxygen atoms in total. The molecule has 0 bridgehead atoms. The Bertz CT molecular complexity index is 661. The van der Waals surface area contributed by atoms with Crippen LogP contribution < -0.4 is 0 Å². The molecule has 0 saturated heterocycles. The maximum absolute atomic E-state index is 2.30. The minimum Gasteiger partial charge on any atom is -0.345 e. The monoisotopic (exact) mass is 290 g/mol. The molecule has 112 valence electrons. The van der Waals surface area contributed by atoms with Crippen molar-refractivity contribution >= 4 is 11.4 Å². The molecule has 0 radical (unpaired) electrons. The van der Waals surface area contributed by atoms with Crippen LogP contribution in [0.3, 0.4) is 0 Å². The largest absolute Gasteiger partial charge is 0.345 e. The van der Waals surface area contributed by atoms with Gasteiger partial charge < -0.3 is 9.80 Å². The summed E-state index contributed by atoms with van der Waals surface area (Å²) in [5, 5.41) is 0. The molecule has 0 amide bonds. The first-order valence-corrected chi connectivity index (χ1v) is 7.61. The van der Waals surface area contributed by atoms with Crippen molar-refractivity contribution < 1.29 is 0 Å². The second-order valence-corrected chi connectivity index (χ2v) is 5.72. The van der Waals surface area contributed by atoms with Crippen molar-refractivity contribution in [3.05, 3.63) is 83.2 Å². The second kappa shape index (κ2) is 5.72. The topological polar surface area (TPSA) is 6.48 Å². The number of hydrogen-bond donors (Lipinski definition) is 0. The number of nitrogens with zero attached hydrogens (tertiary/aromatic N) is 2. The van der Waals surface area contributed by atoms with Gasteiger partial charge in [0.1, 0.15) is 0 Å². The first kappa shape index (κ1) is 14.5. The number of benzene rings is 2. The van der Waals surface area contributed by atoms with E-state index in [2.05, 4.69) is 98.4 Å². The molecule has 0 saturated carbocycles. The third-order valence-corrected chi connectivity index (χ3v) is 4.46. The molecular formula is C20H22N2. The Morgan fingerprint density at radius 2 is 0.864 bits per heavy atom. The first-order valence-electron chi connectivity index (χ1n) is 7.61. The van der Waals surface area contributed by atoms with Gasteiger partial charge in [-0.3, -0.25) is 0 Å². The van der Waals surface area contributed by atoms with Crippen molar-refractivity contribution in [2.45, 2.75) is 13.8 Å². The zero-order chi connectivity index (χ0) is 15.7. The quantitative estimate of drug-likeness (QED) is 0.795. The fraction of sp³-hybridized carbons (Fsp3) is 0.200. The summed E-state index contributed by atoms with van der Waals surface area (Å²) in [7, 11) is 4.30. The first-order chi connectivity index (χ1) is 10.6. The molecular weight excluding hydrogens is 268 g/mol. The van der Waals surface area contributed by atoms with Crippen LogP contribution in [0.5, 0.6) is 0 Å². The van der Waals surface area contributed by atoms with E-state index in [1.54, 1.807) is 0 Å². The van der Waals surface area contributed by atoms with E-state index in [1.807, 2.05) is 0 Å². The molecule has 2 aromatic carbocycles. The van der Waals surface area contributed by atoms with Crippen molar-refractivity contribution in [2.75, 3.05) is 14.1 Å². The van der Waals surface area contributed by atoms with Gasteiger partial charge in [-0.15, -0.1) is 0 Å². The predicted octanol–water partition coefficient (Wildman–Crippen LogP) is 4.64. The molecule has 2 heteroatoms. The Balaban J connectivity index is 2.11. The van der Waals surface area contributed by atoms with Gasteiger partial charge in [-0.1, -0.05) is 60.7 Å². The third kappa shape index (κ3) is 2.31. The summed E-state index contributed by atoms with van der Waals surface area (Å²) in [6.45, 7) is 4.38. The van der Waals surface area contributed by atoms with Crippen LogP contribution in [0.25, 0.3) is 11.4 Å². The lowest BCUT2D eigenvalue weighted by Crippen LogP contribution is -2.30. The summed E-state index contributed by atoms with van der Waals surface area (Å²) in [6, 6.07) is 21.2. The smallest absolute Gasteiger partial charge is 0.0675 e. The van der Waals surface area contributed by atoms with Gasteiger partial charge in [0, 0.05) is 25.5 Å². The van der Waals surface area contributed by atoms with E-state index in [9.17, 15) is 0 Å². The molecule has 0 fully saturated rings. The molecule has 1 aliphatic rings. The Morgan fingerprint density at radius 1 is 0.545 bits per heavy atom. The van der Waals surface area contributed by atoms with Crippen LogP contribution in [0.2, 0.25) is 0 Å². The summed E-state index contributed by atoms with van der Waals surface area (Å²) in [4.78, 5) is 4.60. The standard InChI is InChI=1S/C20H22N2/c1-15-19(17-11-7-5-8-12-17)22(4)16(2)20(21(15)3)18-13-9-6-10-14-18/h5-14H,1-4H3. The van der Waals surface area contributed by atoms with E-state index >= 15 is 0 Å². The van der Waals surface area contributed by atoms with E-state index in [1.165, 1.54) is 33.9 Å². The van der Waals surface area contributed by atoms with Gasteiger partial charge in [0.2, 0.25) is 0 Å². The van der Waals surface area contributed by atoms with Gasteiger partial charge in [0.05, 0.1) is 11.4 Å². The third-order valence-electron chi connectivity index (χ3n) is 4.46. The van der Waals surface area contributed by atoms with Crippen LogP contribution >= 0.6 is 0 Å². The lowest BCUT2D eigenvalue weighted by atomic mass is 10.0. The van der Waals surface area contributed by atoms with Crippen molar-refractivity contribution in [3.63, 3.8) is 0 Å². The number of rotatable bonds is 2. The minimum atomic E-state index is 1.25. The van der Waals surface area contributed by atoms with Crippen LogP contribution in [0.4, 0.5) is 0 Å². The molecule has 2 aromatic rings. The van der Waals surface area contributed by atoms with Gasteiger partial charge in [-0.05, 0) is 25.0 Å². The molecule has 0 aromatic heterocycles. The van der Waals surface area contributed by atoms with E-state index in [4.69, 9.17) is 0 Å². The van der Waals surface area contributed by atoms with Crippen molar-refractivity contribution in [2.24, 2.45) is 0 Å². The van der Waals surface area contributed by atoms with Crippen molar-refractivity contribution in [3.8, 4) is 0 Å². The van der Waals surface area contributed by atoms with E-state index in [0.29, 0.717) is 0 Å². The average Bonchev–Trinajstić information content (AvgIpc) is 2.55. The van der Waals surface area contributed by atoms with Gasteiger partial charge >= 0.3 is 0 Å². The number of hydrogen-bond acceptors (Lipinski definition) is 2. The average molecular weight is 290 g/mol. The second-order valence-electron chi connectivity index (χ2n) is 5.72. The van der Waals surface area contributed by atoms with Crippen LogP contribution in [0.1, 0.15) is 25.0 Å². The Kier molecular flexibility index (Phi) is 3.76. The molecule has 0 unspecified atom stereocenters. The van der Waals surface area contributed by atoms with Crippen LogP contribution in [-0.4, -0.2) is 23.9 Å². The molecule has 0 N–H and O–H groups in total. The predicted molar refractivity (Wildman–Crippen MR) is 93.6 cm³/mol. The maximum atomic E-state index is 2.30. The Hall–Kier alpha value is -2.48. The van der Waals surface area contributed by atoms with Crippen molar-refractivity contribution in [1.82, 2.24) is 9.80 Å². The normalized spacial score (nSPS) is 15.6. The summed E-state index contributed by atoms with van der Waals surface area (Å²) in [6.07, 6.45) is 0. The summed E-state index contributed by atoms with van der Waals surface area (Å²) in [5.74, 6) is 0. The zero-order valence-electron chi connectivity index (χ0n) is 13.7. The van der Waals surface area contributed by atoms with E-state index < -0.39 is 0 Å². The van der Waals surface area contributed by atoms with Crippen LogP contribution in [-0.2, 0) is 0 Å². The summed E-state index contributed by atoms with van der Waals surface area (Å²) >= 11 is 0. The fourth-order valence-electron chi connectivity index (χ4n) is 3.14. The Labute approximate surface area is 133 Å². The fourth-order valence-corrected chi connectivity index (χ4v) is 3.14. The maximum Gasteiger partial charge on any atom is 0.0675 e. The summed E-state index contributed by atoms with van der Waals surface area (Å²) in [5.41, 5.74) is 7.55. The van der Waals surface area contributed by atoms with Crippen molar-refractivity contribution in [1.29, 1.82) is 0 Å². The highest BCUT2D eigenvalue weighted by Crippen LogP contribution is 2.38. The lowest BCUT2D eigenvalue weighted by molar-refractivity contribution is 0.492. The molecule has 22 heavy (non-hydrogen) atoms. The Morgan fingerprint density at radius 3 is 1.18 bits per heavy atom. The molecule has 1 aliphatic heterocycles. The molecule has 0 spiro atoms. The van der Waals surface area contributed by atoms with E-state index in [0.717, 1.165) is 0 Å². The van der Waals surface area contributed by atoms with Gasteiger partial charge in [-0.2, -0.15) is 0 Å². The molecule has 3 rings (SSSR count). The highest BCUT2D eigenvalue weighted by molar-refractivity contribution is 5.79. The number of allylic oxidation sites excluding steroid dienone is 2. The highest BCUT2D eigenvalue weighted by atomic mass is 15.2. The molecule has 0 atom stereocenters.